The summed E-state index contributed by atoms with van der Waals surface area (Å²) in [4.78, 5) is 30.1. The van der Waals surface area contributed by atoms with Crippen LogP contribution in [0.25, 0.3) is 5.76 Å². The van der Waals surface area contributed by atoms with Crippen molar-refractivity contribution < 1.29 is 19.4 Å². The number of amides is 1. The number of anilines is 2. The van der Waals surface area contributed by atoms with Crippen molar-refractivity contribution in [2.24, 2.45) is 5.92 Å². The monoisotopic (exact) mass is 484 g/mol. The zero-order valence-electron chi connectivity index (χ0n) is 21.4. The van der Waals surface area contributed by atoms with Crippen molar-refractivity contribution in [1.29, 1.82) is 0 Å². The molecule has 0 bridgehead atoms. The van der Waals surface area contributed by atoms with Crippen LogP contribution in [0, 0.1) is 12.8 Å². The quantitative estimate of drug-likeness (QED) is 0.264. The topological polar surface area (TPSA) is 70.1 Å². The highest BCUT2D eigenvalue weighted by atomic mass is 16.5. The number of ether oxygens (including phenoxy) is 1. The molecule has 1 unspecified atom stereocenters. The molecule has 6 nitrogen and oxygen atoms in total. The Balaban J connectivity index is 1.81. The second-order valence-electron chi connectivity index (χ2n) is 9.68. The third-order valence-electron chi connectivity index (χ3n) is 6.22. The molecule has 1 amide bonds. The van der Waals surface area contributed by atoms with E-state index in [1.54, 1.807) is 18.2 Å². The van der Waals surface area contributed by atoms with E-state index < -0.39 is 17.7 Å². The summed E-state index contributed by atoms with van der Waals surface area (Å²) in [5, 5.41) is 11.4. The fourth-order valence-electron chi connectivity index (χ4n) is 4.33. The molecule has 1 atom stereocenters. The van der Waals surface area contributed by atoms with Crippen molar-refractivity contribution in [3.8, 4) is 5.75 Å². The smallest absolute Gasteiger partial charge is 0.300 e. The molecule has 4 rings (SSSR count). The number of ketones is 1. The number of carbonyl (C=O) groups is 2. The molecule has 1 fully saturated rings. The number of carbonyl (C=O) groups excluding carboxylic acids is 2. The summed E-state index contributed by atoms with van der Waals surface area (Å²) in [6.07, 6.45) is 0. The summed E-state index contributed by atoms with van der Waals surface area (Å²) in [7, 11) is 3.87. The first kappa shape index (κ1) is 25.0. The third-order valence-corrected chi connectivity index (χ3v) is 6.22. The maximum absolute atomic E-state index is 13.4. The Morgan fingerprint density at radius 3 is 2.25 bits per heavy atom. The van der Waals surface area contributed by atoms with E-state index in [0.717, 1.165) is 22.6 Å². The molecule has 1 aliphatic rings. The summed E-state index contributed by atoms with van der Waals surface area (Å²) >= 11 is 0. The Labute approximate surface area is 212 Å². The molecule has 36 heavy (non-hydrogen) atoms. The van der Waals surface area contributed by atoms with Crippen molar-refractivity contribution in [3.63, 3.8) is 0 Å². The number of aliphatic hydroxyl groups is 1. The van der Waals surface area contributed by atoms with Crippen LogP contribution in [0.3, 0.4) is 0 Å². The predicted molar refractivity (Wildman–Crippen MR) is 144 cm³/mol. The van der Waals surface area contributed by atoms with E-state index in [-0.39, 0.29) is 11.3 Å². The molecule has 1 saturated heterocycles. The lowest BCUT2D eigenvalue weighted by molar-refractivity contribution is -0.132. The van der Waals surface area contributed by atoms with Crippen molar-refractivity contribution in [3.05, 3.63) is 95.1 Å². The van der Waals surface area contributed by atoms with Gasteiger partial charge >= 0.3 is 0 Å². The highest BCUT2D eigenvalue weighted by Gasteiger charge is 2.46. The SMILES string of the molecule is Cc1cc(/C(O)=C2/C(=O)C(=O)N(c3ccc(N(C)C)cc3)C2c2ccccc2)ccc1OCC(C)C. The van der Waals surface area contributed by atoms with E-state index >= 15 is 0 Å². The number of hydrogen-bond donors (Lipinski definition) is 1. The number of benzene rings is 3. The van der Waals surface area contributed by atoms with E-state index in [1.165, 1.54) is 4.90 Å². The predicted octanol–water partition coefficient (Wildman–Crippen LogP) is 5.72. The first-order valence-electron chi connectivity index (χ1n) is 12.1. The van der Waals surface area contributed by atoms with Crippen LogP contribution in [0.1, 0.15) is 36.6 Å². The molecule has 0 saturated carbocycles. The molecule has 3 aromatic rings. The molecule has 0 aromatic heterocycles. The van der Waals surface area contributed by atoms with E-state index in [4.69, 9.17) is 4.74 Å². The van der Waals surface area contributed by atoms with Crippen molar-refractivity contribution in [1.82, 2.24) is 0 Å². The second kappa shape index (κ2) is 10.3. The van der Waals surface area contributed by atoms with Gasteiger partial charge in [-0.1, -0.05) is 44.2 Å². The minimum absolute atomic E-state index is 0.0677. The molecule has 1 aliphatic heterocycles. The number of hydrogen-bond acceptors (Lipinski definition) is 5. The molecule has 6 heteroatoms. The van der Waals surface area contributed by atoms with Crippen LogP contribution in [0.2, 0.25) is 0 Å². The van der Waals surface area contributed by atoms with E-state index in [9.17, 15) is 14.7 Å². The Kier molecular flexibility index (Phi) is 7.15. The van der Waals surface area contributed by atoms with E-state index in [2.05, 4.69) is 13.8 Å². The largest absolute Gasteiger partial charge is 0.507 e. The number of rotatable bonds is 7. The van der Waals surface area contributed by atoms with Gasteiger partial charge in [0.15, 0.2) is 0 Å². The van der Waals surface area contributed by atoms with E-state index in [1.807, 2.05) is 80.5 Å². The Hall–Kier alpha value is -4.06. The molecule has 1 N–H and O–H groups in total. The van der Waals surface area contributed by atoms with Crippen LogP contribution in [-0.4, -0.2) is 37.5 Å². The average Bonchev–Trinajstić information content (AvgIpc) is 3.13. The van der Waals surface area contributed by atoms with Gasteiger partial charge in [-0.2, -0.15) is 0 Å². The lowest BCUT2D eigenvalue weighted by atomic mass is 9.94. The molecule has 0 aliphatic carbocycles. The van der Waals surface area contributed by atoms with Gasteiger partial charge in [0.25, 0.3) is 11.7 Å². The fraction of sp³-hybridized carbons (Fsp3) is 0.267. The zero-order valence-corrected chi connectivity index (χ0v) is 21.4. The molecule has 0 spiro atoms. The molecular formula is C30H32N2O4. The molecule has 1 heterocycles. The second-order valence-corrected chi connectivity index (χ2v) is 9.68. The molecule has 186 valence electrons. The van der Waals surface area contributed by atoms with Crippen molar-refractivity contribution in [2.75, 3.05) is 30.5 Å². The van der Waals surface area contributed by atoms with Crippen LogP contribution >= 0.6 is 0 Å². The normalized spacial score (nSPS) is 17.1. The summed E-state index contributed by atoms with van der Waals surface area (Å²) in [6, 6.07) is 21.3. The van der Waals surface area contributed by atoms with Gasteiger partial charge in [0, 0.05) is 31.0 Å². The van der Waals surface area contributed by atoms with Crippen molar-refractivity contribution in [2.45, 2.75) is 26.8 Å². The third kappa shape index (κ3) is 4.85. The highest BCUT2D eigenvalue weighted by molar-refractivity contribution is 6.51. The lowest BCUT2D eigenvalue weighted by Crippen LogP contribution is -2.29. The van der Waals surface area contributed by atoms with Crippen LogP contribution in [0.15, 0.2) is 78.4 Å². The van der Waals surface area contributed by atoms with Gasteiger partial charge in [-0.25, -0.2) is 0 Å². The Morgan fingerprint density at radius 2 is 1.67 bits per heavy atom. The van der Waals surface area contributed by atoms with Crippen LogP contribution in [-0.2, 0) is 9.59 Å². The number of Topliss-reactive ketones (excluding diaryl/α,β-unsaturated/α-hetero) is 1. The molecular weight excluding hydrogens is 452 g/mol. The van der Waals surface area contributed by atoms with Gasteiger partial charge in [0.2, 0.25) is 0 Å². The number of aryl methyl sites for hydroxylation is 1. The minimum Gasteiger partial charge on any atom is -0.507 e. The van der Waals surface area contributed by atoms with E-state index in [0.29, 0.717) is 23.8 Å². The van der Waals surface area contributed by atoms with Gasteiger partial charge in [-0.3, -0.25) is 14.5 Å². The van der Waals surface area contributed by atoms with Crippen LogP contribution in [0.5, 0.6) is 5.75 Å². The minimum atomic E-state index is -0.756. The summed E-state index contributed by atoms with van der Waals surface area (Å²) in [5.41, 5.74) is 3.67. The van der Waals surface area contributed by atoms with Gasteiger partial charge in [-0.15, -0.1) is 0 Å². The standard InChI is InChI=1S/C30H32N2O4/c1-19(2)18-36-25-16-11-22(17-20(25)3)28(33)26-27(21-9-7-6-8-10-21)32(30(35)29(26)34)24-14-12-23(13-15-24)31(4)5/h6-17,19,27,33H,18H2,1-5H3/b28-26-. The van der Waals surface area contributed by atoms with Crippen LogP contribution < -0.4 is 14.5 Å². The zero-order chi connectivity index (χ0) is 26.0. The fourth-order valence-corrected chi connectivity index (χ4v) is 4.33. The maximum atomic E-state index is 13.4. The van der Waals surface area contributed by atoms with Gasteiger partial charge in [-0.05, 0) is 66.4 Å². The molecule has 0 radical (unpaired) electrons. The number of nitrogens with zero attached hydrogens (tertiary/aromatic N) is 2. The first-order chi connectivity index (χ1) is 17.2. The van der Waals surface area contributed by atoms with Gasteiger partial charge in [0.05, 0.1) is 18.2 Å². The van der Waals surface area contributed by atoms with Crippen LogP contribution in [0.4, 0.5) is 11.4 Å². The summed E-state index contributed by atoms with van der Waals surface area (Å²) in [6.45, 7) is 6.63. The summed E-state index contributed by atoms with van der Waals surface area (Å²) < 4.78 is 5.86. The first-order valence-corrected chi connectivity index (χ1v) is 12.1. The molecule has 3 aromatic carbocycles. The lowest BCUT2D eigenvalue weighted by Gasteiger charge is -2.26. The van der Waals surface area contributed by atoms with Gasteiger partial charge < -0.3 is 14.7 Å². The van der Waals surface area contributed by atoms with Gasteiger partial charge in [0.1, 0.15) is 11.5 Å². The Bertz CT molecular complexity index is 1290. The maximum Gasteiger partial charge on any atom is 0.300 e. The highest BCUT2D eigenvalue weighted by Crippen LogP contribution is 2.42. The average molecular weight is 485 g/mol. The van der Waals surface area contributed by atoms with Crippen molar-refractivity contribution >= 4 is 28.8 Å². The summed E-state index contributed by atoms with van der Waals surface area (Å²) in [5.74, 6) is -0.479. The Morgan fingerprint density at radius 1 is 1.00 bits per heavy atom. The number of aliphatic hydroxyl groups excluding tert-OH is 1.